The first-order valence-electron chi connectivity index (χ1n) is 1.15. The Morgan fingerprint density at radius 3 is 1.30 bits per heavy atom. The van der Waals surface area contributed by atoms with Crippen molar-refractivity contribution in [1.82, 2.24) is 0 Å². The fourth-order valence-electron chi connectivity index (χ4n) is 0. The minimum atomic E-state index is -2.33. The standard InChI is InChI=1S/CH2O3.Ca.2ClH.2Mg.H2O.2H/c2-1(3)4;;;;;;;;/h(H2,2,3,4);;2*1H;;;1H2;;/q;+2;;;;+2;;;/p-4. The summed E-state index contributed by atoms with van der Waals surface area (Å²) in [5.41, 5.74) is 0. The van der Waals surface area contributed by atoms with Crippen molar-refractivity contribution in [3.8, 4) is 0 Å². The summed E-state index contributed by atoms with van der Waals surface area (Å²) in [6.45, 7) is 0. The second kappa shape index (κ2) is 29.9. The van der Waals surface area contributed by atoms with E-state index in [0.29, 0.717) is 0 Å². The predicted molar refractivity (Wildman–Crippen MR) is 40.8 cm³/mol. The second-order valence-corrected chi connectivity index (χ2v) is 2.98. The van der Waals surface area contributed by atoms with Gasteiger partial charge in [0, 0.05) is 0 Å². The number of halogens is 2. The van der Waals surface area contributed by atoms with Crippen molar-refractivity contribution in [2.45, 2.75) is 0 Å². The smallest absolute Gasteiger partial charge is 0.652 e. The molecule has 0 atom stereocenters. The summed E-state index contributed by atoms with van der Waals surface area (Å²) in [6.07, 6.45) is -2.33. The van der Waals surface area contributed by atoms with Gasteiger partial charge in [-0.05, 0) is 6.16 Å². The zero-order valence-electron chi connectivity index (χ0n) is 4.39. The van der Waals surface area contributed by atoms with Crippen molar-refractivity contribution in [2.24, 2.45) is 0 Å². The molecule has 0 amide bonds. The van der Waals surface area contributed by atoms with Crippen LogP contribution in [-0.4, -0.2) is 90.6 Å². The normalized spacial score (nSPS) is 3.40. The van der Waals surface area contributed by atoms with Gasteiger partial charge in [-0.3, -0.25) is 0 Å². The maximum Gasteiger partial charge on any atom is 2.00 e. The van der Waals surface area contributed by atoms with Crippen LogP contribution < -0.4 is 10.2 Å². The molecule has 2 N–H and O–H groups in total. The van der Waals surface area contributed by atoms with Gasteiger partial charge in [-0.25, -0.2) is 0 Å². The third-order valence-corrected chi connectivity index (χ3v) is 0. The van der Waals surface area contributed by atoms with Crippen LogP contribution in [-0.2, 0) is 0 Å². The molecule has 0 aromatic heterocycles. The van der Waals surface area contributed by atoms with Gasteiger partial charge in [0.05, 0.1) is 0 Å². The number of hydrogen-bond donors (Lipinski definition) is 0. The van der Waals surface area contributed by atoms with Crippen molar-refractivity contribution in [1.29, 1.82) is 0 Å². The molecule has 0 aliphatic rings. The van der Waals surface area contributed by atoms with Gasteiger partial charge in [-0.2, -0.15) is 0 Å². The summed E-state index contributed by atoms with van der Waals surface area (Å²) in [5, 5.41) is 16.7. The Balaban J connectivity index is -0.0000000131. The molecule has 0 spiro atoms. The molecule has 52 valence electrons. The van der Waals surface area contributed by atoms with E-state index in [2.05, 4.69) is 0 Å². The third kappa shape index (κ3) is 144. The van der Waals surface area contributed by atoms with Crippen LogP contribution >= 0.6 is 18.1 Å². The van der Waals surface area contributed by atoms with E-state index in [1.54, 1.807) is 0 Å². The molecule has 0 aromatic rings. The molecule has 0 fully saturated rings. The van der Waals surface area contributed by atoms with E-state index in [0.717, 1.165) is 0 Å². The summed E-state index contributed by atoms with van der Waals surface area (Å²) in [5.74, 6) is 0. The van der Waals surface area contributed by atoms with Gasteiger partial charge in [-0.15, -0.1) is 0 Å². The summed E-state index contributed by atoms with van der Waals surface area (Å²) in [6, 6.07) is 0. The fraction of sp³-hybridized carbons (Fsp3) is 0. The number of carbonyl (C=O) groups is 1. The van der Waals surface area contributed by atoms with E-state index >= 15 is 0 Å². The summed E-state index contributed by atoms with van der Waals surface area (Å²) < 4.78 is 0. The van der Waals surface area contributed by atoms with Gasteiger partial charge < -0.3 is 38.6 Å². The Bertz CT molecular complexity index is 52.5. The minimum Gasteiger partial charge on any atom is -0.652 e. The molecular formula is CH4CaCl2Mg2O4. The SMILES string of the molecule is O.O=C([O-])[O-].[Ca+2].[Cl][Mg][Cl].[MgH2]. The van der Waals surface area contributed by atoms with E-state index in [-0.39, 0.29) is 66.3 Å². The van der Waals surface area contributed by atoms with Crippen LogP contribution in [0, 0.1) is 0 Å². The van der Waals surface area contributed by atoms with Gasteiger partial charge in [0.25, 0.3) is 0 Å². The Morgan fingerprint density at radius 1 is 1.30 bits per heavy atom. The summed E-state index contributed by atoms with van der Waals surface area (Å²) in [4.78, 5) is 8.33. The van der Waals surface area contributed by atoms with Crippen LogP contribution in [0.2, 0.25) is 0 Å². The maximum atomic E-state index is 8.33. The molecule has 9 heteroatoms. The first kappa shape index (κ1) is 29.4. The van der Waals surface area contributed by atoms with Crippen molar-refractivity contribution in [2.75, 3.05) is 0 Å². The first-order chi connectivity index (χ1) is 3.15. The maximum absolute atomic E-state index is 8.33. The Morgan fingerprint density at radius 2 is 1.30 bits per heavy atom. The van der Waals surface area contributed by atoms with Crippen molar-refractivity contribution < 1.29 is 20.5 Å². The third-order valence-electron chi connectivity index (χ3n) is 0. The van der Waals surface area contributed by atoms with E-state index in [1.807, 2.05) is 0 Å². The largest absolute Gasteiger partial charge is 2.00 e. The molecule has 0 unspecified atom stereocenters. The molecule has 0 aromatic carbocycles. The van der Waals surface area contributed by atoms with Gasteiger partial charge in [0.2, 0.25) is 0 Å². The quantitative estimate of drug-likeness (QED) is 0.409. The molecule has 0 radical (unpaired) electrons. The van der Waals surface area contributed by atoms with Crippen LogP contribution in [0.1, 0.15) is 0 Å². The van der Waals surface area contributed by atoms with Crippen molar-refractivity contribution in [3.05, 3.63) is 0 Å². The van der Waals surface area contributed by atoms with E-state index in [9.17, 15) is 0 Å². The van der Waals surface area contributed by atoms with Gasteiger partial charge in [0.15, 0.2) is 0 Å². The molecule has 0 rings (SSSR count). The molecule has 0 aliphatic carbocycles. The summed E-state index contributed by atoms with van der Waals surface area (Å²) >= 11 is -0.639. The Labute approximate surface area is 121 Å². The van der Waals surface area contributed by atoms with Crippen LogP contribution in [0.3, 0.4) is 0 Å². The van der Waals surface area contributed by atoms with E-state index in [1.165, 1.54) is 0 Å². The van der Waals surface area contributed by atoms with Crippen LogP contribution in [0.5, 0.6) is 0 Å². The van der Waals surface area contributed by atoms with E-state index < -0.39 is 24.3 Å². The topological polar surface area (TPSA) is 94.7 Å². The Hall–Kier alpha value is 2.60. The first-order valence-corrected chi connectivity index (χ1v) is 5.42. The molecule has 10 heavy (non-hydrogen) atoms. The molecule has 4 nitrogen and oxygen atoms in total. The Kier molecular flexibility index (Phi) is 87.8. The van der Waals surface area contributed by atoms with Crippen molar-refractivity contribution >= 4 is 103 Å². The average Bonchev–Trinajstić information content (AvgIpc) is 1.33. The zero-order valence-corrected chi connectivity index (χ0v) is 9.53. The molecule has 0 saturated heterocycles. The summed E-state index contributed by atoms with van der Waals surface area (Å²) in [7, 11) is 9.81. The van der Waals surface area contributed by atoms with E-state index in [4.69, 9.17) is 33.2 Å². The number of carbonyl (C=O) groups excluding carboxylic acids is 1. The van der Waals surface area contributed by atoms with Gasteiger partial charge >= 0.3 is 79.0 Å². The predicted octanol–water partition coefficient (Wildman–Crippen LogP) is -3.57. The molecule has 0 saturated carbocycles. The fourth-order valence-corrected chi connectivity index (χ4v) is 0. The van der Waals surface area contributed by atoms with Crippen LogP contribution in [0.4, 0.5) is 4.79 Å². The monoisotopic (exact) mass is 238 g/mol. The second-order valence-electron chi connectivity index (χ2n) is 0.351. The number of rotatable bonds is 0. The minimum absolute atomic E-state index is 0. The molecule has 0 bridgehead atoms. The van der Waals surface area contributed by atoms with Gasteiger partial charge in [0.1, 0.15) is 0 Å². The number of hydrogen-bond acceptors (Lipinski definition) is 3. The number of carboxylic acid groups (broad SMARTS) is 2. The molecule has 0 heterocycles. The van der Waals surface area contributed by atoms with Crippen LogP contribution in [0.25, 0.3) is 0 Å². The van der Waals surface area contributed by atoms with Crippen molar-refractivity contribution in [3.63, 3.8) is 0 Å². The molecule has 0 aliphatic heterocycles. The van der Waals surface area contributed by atoms with Crippen LogP contribution in [0.15, 0.2) is 0 Å². The molecular weight excluding hydrogens is 236 g/mol. The van der Waals surface area contributed by atoms with Gasteiger partial charge in [-0.1, -0.05) is 0 Å². The average molecular weight is 240 g/mol. The zero-order chi connectivity index (χ0) is 6.28.